The van der Waals surface area contributed by atoms with Crippen molar-refractivity contribution in [1.29, 1.82) is 0 Å². The van der Waals surface area contributed by atoms with Crippen LogP contribution in [0.1, 0.15) is 19.4 Å². The molecular weight excluding hydrogens is 659 g/mol. The third kappa shape index (κ3) is 4.95. The molecule has 228 valence electrons. The summed E-state index contributed by atoms with van der Waals surface area (Å²) in [5.41, 5.74) is -3.02. The first-order chi connectivity index (χ1) is 20.2. The Morgan fingerprint density at radius 1 is 1.16 bits per heavy atom. The fourth-order valence-electron chi connectivity index (χ4n) is 6.12. The molecule has 0 N–H and O–H groups in total. The number of hydrogen-bond acceptors (Lipinski definition) is 6. The number of halogens is 6. The van der Waals surface area contributed by atoms with Gasteiger partial charge in [-0.3, -0.25) is 9.36 Å². The summed E-state index contributed by atoms with van der Waals surface area (Å²) in [5, 5.41) is 0.0830. The summed E-state index contributed by atoms with van der Waals surface area (Å²) in [6, 6.07) is 1.69. The Labute approximate surface area is 255 Å². The molecular formula is C29H26BrF5N4O3S. The van der Waals surface area contributed by atoms with Crippen LogP contribution in [0.4, 0.5) is 27.8 Å². The van der Waals surface area contributed by atoms with Gasteiger partial charge in [0, 0.05) is 70.4 Å². The molecule has 2 fully saturated rings. The maximum Gasteiger partial charge on any atom is 0.417 e. The van der Waals surface area contributed by atoms with E-state index in [0.29, 0.717) is 25.0 Å². The van der Waals surface area contributed by atoms with E-state index in [9.17, 15) is 27.2 Å². The minimum Gasteiger partial charge on any atom is -0.380 e. The lowest BCUT2D eigenvalue weighted by Crippen LogP contribution is -2.58. The predicted molar refractivity (Wildman–Crippen MR) is 156 cm³/mol. The Kier molecular flexibility index (Phi) is 7.40. The quantitative estimate of drug-likeness (QED) is 0.196. The Bertz CT molecular complexity index is 1740. The number of alkyl halides is 3. The molecule has 3 aliphatic rings. The molecule has 0 bridgehead atoms. The molecule has 14 heteroatoms. The first kappa shape index (κ1) is 30.1. The summed E-state index contributed by atoms with van der Waals surface area (Å²) < 4.78 is 80.9. The van der Waals surface area contributed by atoms with Gasteiger partial charge in [-0.05, 0) is 48.0 Å². The van der Waals surface area contributed by atoms with Crippen LogP contribution >= 0.6 is 27.7 Å². The third-order valence-corrected chi connectivity index (χ3v) is 10.4. The molecule has 0 unspecified atom stereocenters. The zero-order valence-electron chi connectivity index (χ0n) is 23.1. The molecule has 0 saturated carbocycles. The van der Waals surface area contributed by atoms with Gasteiger partial charge >= 0.3 is 11.9 Å². The van der Waals surface area contributed by atoms with Crippen molar-refractivity contribution in [3.8, 4) is 11.1 Å². The monoisotopic (exact) mass is 684 g/mol. The number of carbonyl (C=O) groups is 1. The molecule has 2 aromatic carbocycles. The largest absolute Gasteiger partial charge is 0.417 e. The van der Waals surface area contributed by atoms with Crippen LogP contribution in [-0.2, 0) is 22.3 Å². The maximum atomic E-state index is 15.3. The van der Waals surface area contributed by atoms with E-state index in [-0.39, 0.29) is 57.7 Å². The molecule has 2 atom stereocenters. The number of hydrogen-bond donors (Lipinski definition) is 0. The number of aromatic nitrogens is 2. The van der Waals surface area contributed by atoms with E-state index in [1.54, 1.807) is 23.6 Å². The number of carbonyl (C=O) groups excluding carboxylic acids is 1. The Balaban J connectivity index is 1.67. The molecule has 3 aliphatic heterocycles. The van der Waals surface area contributed by atoms with Crippen LogP contribution in [-0.4, -0.2) is 64.5 Å². The highest BCUT2D eigenvalue weighted by molar-refractivity contribution is 9.10. The summed E-state index contributed by atoms with van der Waals surface area (Å²) >= 11 is 4.09. The molecule has 0 radical (unpaired) electrons. The van der Waals surface area contributed by atoms with Gasteiger partial charge in [-0.25, -0.2) is 13.6 Å². The number of piperazine rings is 1. The number of nitrogens with zero attached hydrogens (tertiary/aromatic N) is 4. The van der Waals surface area contributed by atoms with Crippen molar-refractivity contribution in [2.45, 2.75) is 43.5 Å². The van der Waals surface area contributed by atoms with Crippen molar-refractivity contribution in [3.63, 3.8) is 0 Å². The number of thioether (sulfide) groups is 1. The van der Waals surface area contributed by atoms with E-state index >= 15 is 4.39 Å². The van der Waals surface area contributed by atoms with E-state index in [4.69, 9.17) is 4.74 Å². The topological polar surface area (TPSA) is 67.7 Å². The predicted octanol–water partition coefficient (Wildman–Crippen LogP) is 5.86. The molecule has 3 aromatic rings. The SMILES string of the molecule is C=CC(=O)N1C[C@H](C)N(c2nc(=O)n3c4c(c(-c5cc(Br)c(F)cc5F)c(C(F)(F)F)cc24)SCC2(COC2)C3)C[C@H]1C. The van der Waals surface area contributed by atoms with Crippen LogP contribution in [0.2, 0.25) is 0 Å². The van der Waals surface area contributed by atoms with E-state index in [2.05, 4.69) is 27.5 Å². The van der Waals surface area contributed by atoms with Crippen molar-refractivity contribution in [3.05, 3.63) is 63.0 Å². The summed E-state index contributed by atoms with van der Waals surface area (Å²) in [7, 11) is 0. The van der Waals surface area contributed by atoms with Gasteiger partial charge in [-0.2, -0.15) is 18.2 Å². The van der Waals surface area contributed by atoms with Gasteiger partial charge in [0.15, 0.2) is 0 Å². The van der Waals surface area contributed by atoms with E-state index in [1.807, 2.05) is 0 Å². The van der Waals surface area contributed by atoms with E-state index < -0.39 is 51.6 Å². The standard InChI is InChI=1S/C29H26BrF5N4O3S/c1-4-22(40)37-8-15(3)38(9-14(37)2)26-17-5-18(29(33,34)35)23(16-6-19(30)21(32)7-20(16)31)25-24(17)39(27(41)36-26)10-28(13-43-25)11-42-12-28/h4-7,14-15H,1,8-13H2,2-3H3/t14-,15+/m1/s1. The first-order valence-electron chi connectivity index (χ1n) is 13.5. The van der Waals surface area contributed by atoms with Gasteiger partial charge < -0.3 is 14.5 Å². The Morgan fingerprint density at radius 2 is 1.88 bits per heavy atom. The van der Waals surface area contributed by atoms with Gasteiger partial charge in [0.2, 0.25) is 5.91 Å². The van der Waals surface area contributed by atoms with Crippen LogP contribution in [0.25, 0.3) is 22.0 Å². The van der Waals surface area contributed by atoms with Gasteiger partial charge in [-0.15, -0.1) is 11.8 Å². The number of benzene rings is 2. The highest BCUT2D eigenvalue weighted by Crippen LogP contribution is 2.51. The zero-order chi connectivity index (χ0) is 31.0. The van der Waals surface area contributed by atoms with Gasteiger partial charge in [0.1, 0.15) is 17.5 Å². The Morgan fingerprint density at radius 3 is 2.51 bits per heavy atom. The van der Waals surface area contributed by atoms with Gasteiger partial charge in [-0.1, -0.05) is 6.58 Å². The number of rotatable bonds is 3. The van der Waals surface area contributed by atoms with E-state index in [1.165, 1.54) is 10.6 Å². The molecule has 1 amide bonds. The summed E-state index contributed by atoms with van der Waals surface area (Å²) in [6.07, 6.45) is -3.74. The average molecular weight is 686 g/mol. The summed E-state index contributed by atoms with van der Waals surface area (Å²) in [6.45, 7) is 8.34. The van der Waals surface area contributed by atoms with E-state index in [0.717, 1.165) is 23.9 Å². The third-order valence-electron chi connectivity index (χ3n) is 8.33. The second kappa shape index (κ2) is 10.6. The lowest BCUT2D eigenvalue weighted by molar-refractivity contribution is -0.137. The molecule has 2 saturated heterocycles. The smallest absolute Gasteiger partial charge is 0.380 e. The molecule has 1 aromatic heterocycles. The van der Waals surface area contributed by atoms with Crippen molar-refractivity contribution in [2.24, 2.45) is 5.41 Å². The minimum atomic E-state index is -4.94. The van der Waals surface area contributed by atoms with Crippen molar-refractivity contribution >= 4 is 50.3 Å². The number of anilines is 1. The molecule has 6 rings (SSSR count). The van der Waals surface area contributed by atoms with Crippen LogP contribution in [0.3, 0.4) is 0 Å². The zero-order valence-corrected chi connectivity index (χ0v) is 25.5. The first-order valence-corrected chi connectivity index (χ1v) is 15.3. The van der Waals surface area contributed by atoms with Crippen molar-refractivity contribution in [1.82, 2.24) is 14.5 Å². The van der Waals surface area contributed by atoms with Crippen LogP contribution in [0.5, 0.6) is 0 Å². The van der Waals surface area contributed by atoms with Crippen molar-refractivity contribution in [2.75, 3.05) is 37.0 Å². The normalized spacial score (nSPS) is 21.6. The second-order valence-corrected chi connectivity index (χ2v) is 13.2. The van der Waals surface area contributed by atoms with Crippen molar-refractivity contribution < 1.29 is 31.5 Å². The molecule has 4 heterocycles. The number of amides is 1. The van der Waals surface area contributed by atoms with Crippen LogP contribution in [0, 0.1) is 17.0 Å². The molecule has 43 heavy (non-hydrogen) atoms. The fourth-order valence-corrected chi connectivity index (χ4v) is 7.90. The highest BCUT2D eigenvalue weighted by Gasteiger charge is 2.45. The van der Waals surface area contributed by atoms with Gasteiger partial charge in [0.25, 0.3) is 0 Å². The molecule has 0 aliphatic carbocycles. The van der Waals surface area contributed by atoms with Crippen LogP contribution in [0.15, 0.2) is 45.0 Å². The average Bonchev–Trinajstić information content (AvgIpc) is 3.12. The highest BCUT2D eigenvalue weighted by atomic mass is 79.9. The minimum absolute atomic E-state index is 0.0572. The molecule has 7 nitrogen and oxygen atoms in total. The Hall–Kier alpha value is -2.97. The molecule has 1 spiro atoms. The maximum absolute atomic E-state index is 15.3. The fraction of sp³-hybridized carbons (Fsp3) is 0.414. The lowest BCUT2D eigenvalue weighted by Gasteiger charge is -2.44. The second-order valence-electron chi connectivity index (χ2n) is 11.4. The van der Waals surface area contributed by atoms with Crippen LogP contribution < -0.4 is 10.6 Å². The number of ether oxygens (including phenoxy) is 1. The lowest BCUT2D eigenvalue weighted by atomic mass is 9.88. The summed E-state index contributed by atoms with van der Waals surface area (Å²) in [4.78, 5) is 33.9. The summed E-state index contributed by atoms with van der Waals surface area (Å²) in [5.74, 6) is -2.03. The van der Waals surface area contributed by atoms with Gasteiger partial charge in [0.05, 0.1) is 28.8 Å².